The van der Waals surface area contributed by atoms with E-state index in [4.69, 9.17) is 4.55 Å². The quantitative estimate of drug-likeness (QED) is 0.591. The Morgan fingerprint density at radius 3 is 1.57 bits per heavy atom. The maximum absolute atomic E-state index is 9.33. The molecule has 0 saturated carbocycles. The second-order valence-corrected chi connectivity index (χ2v) is 8.11. The molecular weight excluding hydrogens is 395 g/mol. The second-order valence-electron chi connectivity index (χ2n) is 0.558. The Bertz CT molecular complexity index is 122. The maximum atomic E-state index is 9.33. The largest absolute Gasteiger partial charge is 0 e. The third kappa shape index (κ3) is 11.8. The molecule has 0 aromatic carbocycles. The van der Waals surface area contributed by atoms with E-state index in [1.165, 1.54) is 0 Å². The number of hydrogen-bond donors (Lipinski definition) is 1. The Kier molecular flexibility index (Phi) is 8.95. The summed E-state index contributed by atoms with van der Waals surface area (Å²) in [5.74, 6) is 0. The maximum Gasteiger partial charge on any atom is 0 e. The molecule has 44 valence electrons. The van der Waals surface area contributed by atoms with Crippen molar-refractivity contribution < 1.29 is 88.2 Å². The van der Waals surface area contributed by atoms with Crippen LogP contribution in [0, 0.1) is 74.3 Å². The Morgan fingerprint density at radius 1 is 1.43 bits per heavy atom. The minimum atomic E-state index is -4.02. The van der Waals surface area contributed by atoms with E-state index in [1.807, 2.05) is 0 Å². The topological polar surface area (TPSA) is 71.4 Å². The molecule has 0 aromatic rings. The fourth-order valence-electron chi connectivity index (χ4n) is 0. The van der Waals surface area contributed by atoms with Gasteiger partial charge in [-0.3, -0.25) is 0 Å². The zero-order valence-electron chi connectivity index (χ0n) is 2.91. The first kappa shape index (κ1) is 12.1. The minimum absolute atomic E-state index is 0. The van der Waals surface area contributed by atoms with Crippen molar-refractivity contribution in [3.05, 3.63) is 0 Å². The SMILES string of the molecule is [O]=[Ce][S](=O)(=O)O.[Tb]. The van der Waals surface area contributed by atoms with Gasteiger partial charge in [-0.2, -0.15) is 0 Å². The summed E-state index contributed by atoms with van der Waals surface area (Å²) >= 11 is -2.88. The van der Waals surface area contributed by atoms with E-state index in [1.54, 1.807) is 0 Å². The molecule has 1 N–H and O–H groups in total. The molecule has 0 aliphatic heterocycles. The first-order valence-corrected chi connectivity index (χ1v) is 7.49. The van der Waals surface area contributed by atoms with Crippen LogP contribution in [0.4, 0.5) is 0 Å². The molecule has 0 spiro atoms. The van der Waals surface area contributed by atoms with E-state index in [2.05, 4.69) is 0 Å². The first-order chi connectivity index (χ1) is 2.56. The third-order valence-corrected chi connectivity index (χ3v) is 2.30. The van der Waals surface area contributed by atoms with Crippen molar-refractivity contribution in [3.8, 4) is 0 Å². The third-order valence-electron chi connectivity index (χ3n) is 0.105. The summed E-state index contributed by atoms with van der Waals surface area (Å²) in [4.78, 5) is 0. The Morgan fingerprint density at radius 2 is 1.57 bits per heavy atom. The normalized spacial score (nSPS) is 8.71. The molecule has 0 atom stereocenters. The van der Waals surface area contributed by atoms with Gasteiger partial charge >= 0.3 is 53.5 Å². The average molecular weight is 396 g/mol. The second kappa shape index (κ2) is 5.18. The van der Waals surface area contributed by atoms with Crippen LogP contribution < -0.4 is 0 Å². The van der Waals surface area contributed by atoms with Crippen molar-refractivity contribution in [1.82, 2.24) is 0 Å². The fraction of sp³-hybridized carbons (Fsp3) is 0. The summed E-state index contributed by atoms with van der Waals surface area (Å²) in [5.41, 5.74) is 0. The molecule has 0 aliphatic rings. The molecule has 0 amide bonds. The molecule has 1 radical (unpaired) electrons. The van der Waals surface area contributed by atoms with Gasteiger partial charge in [-0.05, 0) is 0 Å². The summed E-state index contributed by atoms with van der Waals surface area (Å²) in [5, 5.41) is 0. The zero-order valence-corrected chi connectivity index (χ0v) is 9.01. The standard InChI is InChI=1S/Ce.HO3S.O.Tb/c;1-4(2)3;;/h;(H,1,2,3);;. The van der Waals surface area contributed by atoms with E-state index in [0.717, 1.165) is 0 Å². The molecule has 0 unspecified atom stereocenters. The Hall–Kier alpha value is 2.37. The van der Waals surface area contributed by atoms with Gasteiger partial charge in [0, 0.05) is 38.6 Å². The van der Waals surface area contributed by atoms with Crippen LogP contribution in [0.2, 0.25) is 0 Å². The van der Waals surface area contributed by atoms with Crippen LogP contribution in [0.5, 0.6) is 0 Å². The summed E-state index contributed by atoms with van der Waals surface area (Å²) in [6.07, 6.45) is 0. The Balaban J connectivity index is 0. The van der Waals surface area contributed by atoms with Gasteiger partial charge in [-0.25, -0.2) is 0 Å². The molecule has 0 aromatic heterocycles. The molecular formula is HCeO4STb. The fourth-order valence-corrected chi connectivity index (χ4v) is 0. The summed E-state index contributed by atoms with van der Waals surface area (Å²) in [6.45, 7) is 0. The van der Waals surface area contributed by atoms with E-state index in [0.29, 0.717) is 0 Å². The van der Waals surface area contributed by atoms with E-state index in [9.17, 15) is 9.36 Å². The summed E-state index contributed by atoms with van der Waals surface area (Å²) < 4.78 is 31.5. The molecule has 0 bridgehead atoms. The average Bonchev–Trinajstić information content (AvgIpc) is 1.35. The zero-order chi connectivity index (χ0) is 5.21. The van der Waals surface area contributed by atoms with Gasteiger partial charge in [0.1, 0.15) is 0 Å². The van der Waals surface area contributed by atoms with Gasteiger partial charge in [-0.15, -0.1) is 0 Å². The van der Waals surface area contributed by atoms with Crippen molar-refractivity contribution in [2.45, 2.75) is 0 Å². The van der Waals surface area contributed by atoms with E-state index in [-0.39, 0.29) is 38.6 Å². The Labute approximate surface area is 89.6 Å². The predicted octanol–water partition coefficient (Wildman–Crippen LogP) is -0.780. The summed E-state index contributed by atoms with van der Waals surface area (Å²) in [7, 11) is 0. The molecule has 0 fully saturated rings. The van der Waals surface area contributed by atoms with Gasteiger partial charge in [0.15, 0.2) is 0 Å². The summed E-state index contributed by atoms with van der Waals surface area (Å²) in [6, 6.07) is 0. The van der Waals surface area contributed by atoms with Crippen LogP contribution in [-0.4, -0.2) is 13.0 Å². The minimum Gasteiger partial charge on any atom is 0 e. The first-order valence-electron chi connectivity index (χ1n) is 0.924. The predicted molar refractivity (Wildman–Crippen MR) is 12.2 cm³/mol. The van der Waals surface area contributed by atoms with Gasteiger partial charge in [-0.1, -0.05) is 0 Å². The molecule has 7 heteroatoms. The van der Waals surface area contributed by atoms with Crippen LogP contribution >= 0.6 is 0 Å². The molecule has 7 heavy (non-hydrogen) atoms. The van der Waals surface area contributed by atoms with Gasteiger partial charge < -0.3 is 0 Å². The van der Waals surface area contributed by atoms with Crippen LogP contribution in [0.3, 0.4) is 0 Å². The van der Waals surface area contributed by atoms with Crippen molar-refractivity contribution in [2.75, 3.05) is 0 Å². The molecule has 0 saturated heterocycles. The number of hydrogen-bond acceptors (Lipinski definition) is 3. The molecule has 4 nitrogen and oxygen atoms in total. The van der Waals surface area contributed by atoms with E-state index >= 15 is 0 Å². The molecule has 0 rings (SSSR count). The van der Waals surface area contributed by atoms with Crippen LogP contribution in [0.25, 0.3) is 0 Å². The van der Waals surface area contributed by atoms with Crippen LogP contribution in [0.1, 0.15) is 0 Å². The van der Waals surface area contributed by atoms with Crippen molar-refractivity contribution >= 4 is 3.86 Å². The van der Waals surface area contributed by atoms with Gasteiger partial charge in [0.05, 0.1) is 0 Å². The van der Waals surface area contributed by atoms with E-state index < -0.39 is 39.6 Å². The van der Waals surface area contributed by atoms with Crippen molar-refractivity contribution in [2.24, 2.45) is 0 Å². The van der Waals surface area contributed by atoms with Crippen LogP contribution in [-0.2, 0) is 4.79 Å². The van der Waals surface area contributed by atoms with Crippen molar-refractivity contribution in [3.63, 3.8) is 0 Å². The molecule has 0 heterocycles. The van der Waals surface area contributed by atoms with Gasteiger partial charge in [0.2, 0.25) is 0 Å². The van der Waals surface area contributed by atoms with Crippen LogP contribution in [0.15, 0.2) is 0 Å². The smallest absolute Gasteiger partial charge is 0 e. The molecule has 0 aliphatic carbocycles. The monoisotopic (exact) mass is 396 g/mol. The van der Waals surface area contributed by atoms with Crippen molar-refractivity contribution in [1.29, 1.82) is 0 Å². The van der Waals surface area contributed by atoms with Gasteiger partial charge in [0.25, 0.3) is 0 Å². The number of rotatable bonds is 1.